The van der Waals surface area contributed by atoms with Crippen molar-refractivity contribution in [2.24, 2.45) is 0 Å². The summed E-state index contributed by atoms with van der Waals surface area (Å²) in [7, 11) is 0. The molecule has 116 valence electrons. The molecule has 1 aromatic carbocycles. The van der Waals surface area contributed by atoms with Gasteiger partial charge in [0, 0.05) is 24.9 Å². The van der Waals surface area contributed by atoms with E-state index in [-0.39, 0.29) is 30.4 Å². The van der Waals surface area contributed by atoms with E-state index in [0.29, 0.717) is 6.54 Å². The van der Waals surface area contributed by atoms with E-state index in [1.807, 2.05) is 23.2 Å². The molecule has 1 fully saturated rings. The Morgan fingerprint density at radius 2 is 2.18 bits per heavy atom. The molecule has 1 amide bonds. The third-order valence-corrected chi connectivity index (χ3v) is 4.17. The minimum Gasteiger partial charge on any atom is -0.363 e. The molecule has 5 heteroatoms. The van der Waals surface area contributed by atoms with Gasteiger partial charge in [-0.3, -0.25) is 4.79 Å². The molecule has 1 saturated heterocycles. The van der Waals surface area contributed by atoms with Crippen molar-refractivity contribution >= 4 is 5.91 Å². The molecule has 22 heavy (non-hydrogen) atoms. The molecule has 3 rings (SSSR count). The third kappa shape index (κ3) is 3.03. The Morgan fingerprint density at radius 3 is 2.95 bits per heavy atom. The molecule has 0 bridgehead atoms. The van der Waals surface area contributed by atoms with E-state index in [2.05, 4.69) is 4.98 Å². The number of aryl methyl sites for hydroxylation is 1. The summed E-state index contributed by atoms with van der Waals surface area (Å²) in [4.78, 5) is 17.4. The lowest BCUT2D eigenvalue weighted by Gasteiger charge is -2.24. The average Bonchev–Trinajstić information content (AvgIpc) is 3.17. The largest absolute Gasteiger partial charge is 0.363 e. The van der Waals surface area contributed by atoms with Crippen molar-refractivity contribution in [3.05, 3.63) is 59.4 Å². The lowest BCUT2D eigenvalue weighted by Crippen LogP contribution is -2.30. The van der Waals surface area contributed by atoms with Crippen molar-refractivity contribution in [1.29, 1.82) is 0 Å². The van der Waals surface area contributed by atoms with E-state index < -0.39 is 11.6 Å². The fourth-order valence-corrected chi connectivity index (χ4v) is 3.06. The Hall–Kier alpha value is -2.17. The molecule has 0 spiro atoms. The van der Waals surface area contributed by atoms with Crippen molar-refractivity contribution < 1.29 is 13.6 Å². The number of carbonyl (C=O) groups excluding carboxylic acids is 1. The standard InChI is InChI=1S/C17H18F2N2O/c18-13-6-7-14(19)12(11-13)5-8-17(22)21-10-2-4-16(21)15-3-1-9-20-15/h1,3,6-7,9,11,16,20H,2,4-5,8,10H2. The molecule has 2 heterocycles. The summed E-state index contributed by atoms with van der Waals surface area (Å²) >= 11 is 0. The zero-order valence-electron chi connectivity index (χ0n) is 12.2. The summed E-state index contributed by atoms with van der Waals surface area (Å²) in [5.41, 5.74) is 1.28. The van der Waals surface area contributed by atoms with Gasteiger partial charge in [0.15, 0.2) is 0 Å². The molecule has 1 aliphatic rings. The number of amides is 1. The lowest BCUT2D eigenvalue weighted by molar-refractivity contribution is -0.132. The van der Waals surface area contributed by atoms with E-state index in [1.165, 1.54) is 0 Å². The smallest absolute Gasteiger partial charge is 0.223 e. The van der Waals surface area contributed by atoms with Crippen LogP contribution in [0, 0.1) is 11.6 Å². The predicted octanol–water partition coefficient (Wildman–Crippen LogP) is 3.59. The van der Waals surface area contributed by atoms with Crippen molar-refractivity contribution in [1.82, 2.24) is 9.88 Å². The first-order chi connectivity index (χ1) is 10.6. The van der Waals surface area contributed by atoms with Gasteiger partial charge in [-0.1, -0.05) is 0 Å². The Balaban J connectivity index is 1.65. The Kier molecular flexibility index (Phi) is 4.22. The van der Waals surface area contributed by atoms with Crippen molar-refractivity contribution in [2.75, 3.05) is 6.54 Å². The summed E-state index contributed by atoms with van der Waals surface area (Å²) in [6, 6.07) is 7.31. The summed E-state index contributed by atoms with van der Waals surface area (Å²) in [6.07, 6.45) is 4.15. The van der Waals surface area contributed by atoms with Gasteiger partial charge in [-0.15, -0.1) is 0 Å². The van der Waals surface area contributed by atoms with Crippen molar-refractivity contribution in [2.45, 2.75) is 31.7 Å². The molecular formula is C17H18F2N2O. The van der Waals surface area contributed by atoms with Gasteiger partial charge < -0.3 is 9.88 Å². The Morgan fingerprint density at radius 1 is 1.32 bits per heavy atom. The van der Waals surface area contributed by atoms with Gasteiger partial charge in [0.2, 0.25) is 5.91 Å². The number of hydrogen-bond acceptors (Lipinski definition) is 1. The molecule has 0 radical (unpaired) electrons. The van der Waals surface area contributed by atoms with Gasteiger partial charge in [-0.25, -0.2) is 8.78 Å². The maximum absolute atomic E-state index is 13.6. The van der Waals surface area contributed by atoms with Crippen molar-refractivity contribution in [3.63, 3.8) is 0 Å². The highest BCUT2D eigenvalue weighted by Crippen LogP contribution is 2.31. The monoisotopic (exact) mass is 304 g/mol. The second-order valence-corrected chi connectivity index (χ2v) is 5.61. The molecule has 1 unspecified atom stereocenters. The summed E-state index contributed by atoms with van der Waals surface area (Å²) in [5.74, 6) is -0.952. The molecular weight excluding hydrogens is 286 g/mol. The highest BCUT2D eigenvalue weighted by molar-refractivity contribution is 5.77. The Bertz CT molecular complexity index is 655. The second kappa shape index (κ2) is 6.30. The van der Waals surface area contributed by atoms with E-state index >= 15 is 0 Å². The molecule has 0 aliphatic carbocycles. The number of halogens is 2. The van der Waals surface area contributed by atoms with Crippen LogP contribution in [0.3, 0.4) is 0 Å². The molecule has 3 nitrogen and oxygen atoms in total. The molecule has 1 atom stereocenters. The number of aromatic amines is 1. The number of nitrogens with zero attached hydrogens (tertiary/aromatic N) is 1. The minimum absolute atomic E-state index is 0.0132. The molecule has 1 aromatic heterocycles. The van der Waals surface area contributed by atoms with Gasteiger partial charge in [0.25, 0.3) is 0 Å². The van der Waals surface area contributed by atoms with Crippen LogP contribution in [0.25, 0.3) is 0 Å². The zero-order valence-corrected chi connectivity index (χ0v) is 12.2. The van der Waals surface area contributed by atoms with Crippen LogP contribution in [0.15, 0.2) is 36.5 Å². The van der Waals surface area contributed by atoms with Gasteiger partial charge in [0.1, 0.15) is 11.6 Å². The van der Waals surface area contributed by atoms with E-state index in [0.717, 1.165) is 36.7 Å². The minimum atomic E-state index is -0.478. The normalized spacial score (nSPS) is 17.9. The van der Waals surface area contributed by atoms with Gasteiger partial charge in [-0.05, 0) is 55.2 Å². The Labute approximate surface area is 127 Å². The van der Waals surface area contributed by atoms with Gasteiger partial charge in [0.05, 0.1) is 6.04 Å². The number of hydrogen-bond donors (Lipinski definition) is 1. The van der Waals surface area contributed by atoms with Crippen LogP contribution >= 0.6 is 0 Å². The average molecular weight is 304 g/mol. The first kappa shape index (κ1) is 14.8. The van der Waals surface area contributed by atoms with Crippen LogP contribution < -0.4 is 0 Å². The number of likely N-dealkylation sites (tertiary alicyclic amines) is 1. The molecule has 1 aliphatic heterocycles. The van der Waals surface area contributed by atoms with Crippen LogP contribution in [0.1, 0.15) is 36.6 Å². The quantitative estimate of drug-likeness (QED) is 0.920. The fraction of sp³-hybridized carbons (Fsp3) is 0.353. The van der Waals surface area contributed by atoms with Crippen LogP contribution in [0.4, 0.5) is 8.78 Å². The van der Waals surface area contributed by atoms with Gasteiger partial charge >= 0.3 is 0 Å². The van der Waals surface area contributed by atoms with Crippen LogP contribution in [0.5, 0.6) is 0 Å². The predicted molar refractivity (Wildman–Crippen MR) is 79.2 cm³/mol. The zero-order chi connectivity index (χ0) is 15.5. The van der Waals surface area contributed by atoms with E-state index in [9.17, 15) is 13.6 Å². The number of carbonyl (C=O) groups is 1. The van der Waals surface area contributed by atoms with E-state index in [1.54, 1.807) is 0 Å². The molecule has 0 saturated carbocycles. The summed E-state index contributed by atoms with van der Waals surface area (Å²) < 4.78 is 26.8. The number of rotatable bonds is 4. The first-order valence-corrected chi connectivity index (χ1v) is 7.52. The SMILES string of the molecule is O=C(CCc1cc(F)ccc1F)N1CCCC1c1ccc[nH]1. The summed E-state index contributed by atoms with van der Waals surface area (Å²) in [6.45, 7) is 0.716. The highest BCUT2D eigenvalue weighted by atomic mass is 19.1. The number of benzene rings is 1. The topological polar surface area (TPSA) is 36.1 Å². The van der Waals surface area contributed by atoms with Crippen LogP contribution in [-0.2, 0) is 11.2 Å². The van der Waals surface area contributed by atoms with Crippen molar-refractivity contribution in [3.8, 4) is 0 Å². The number of aromatic nitrogens is 1. The fourth-order valence-electron chi connectivity index (χ4n) is 3.06. The maximum atomic E-state index is 13.6. The first-order valence-electron chi connectivity index (χ1n) is 7.52. The van der Waals surface area contributed by atoms with E-state index in [4.69, 9.17) is 0 Å². The maximum Gasteiger partial charge on any atom is 0.223 e. The summed E-state index contributed by atoms with van der Waals surface area (Å²) in [5, 5.41) is 0. The third-order valence-electron chi connectivity index (χ3n) is 4.17. The second-order valence-electron chi connectivity index (χ2n) is 5.61. The van der Waals surface area contributed by atoms with Gasteiger partial charge in [-0.2, -0.15) is 0 Å². The number of nitrogens with one attached hydrogen (secondary N) is 1. The highest BCUT2D eigenvalue weighted by Gasteiger charge is 2.30. The lowest BCUT2D eigenvalue weighted by atomic mass is 10.1. The number of H-pyrrole nitrogens is 1. The molecule has 1 N–H and O–H groups in total. The van der Waals surface area contributed by atoms with Crippen LogP contribution in [-0.4, -0.2) is 22.3 Å². The molecule has 2 aromatic rings. The van der Waals surface area contributed by atoms with Crippen LogP contribution in [0.2, 0.25) is 0 Å².